The Hall–Kier alpha value is -1.14. The Balaban J connectivity index is 1.85. The first kappa shape index (κ1) is 15.3. The van der Waals surface area contributed by atoms with Crippen LogP contribution in [0.15, 0.2) is 10.4 Å². The van der Waals surface area contributed by atoms with Crippen LogP contribution in [0.4, 0.5) is 0 Å². The maximum Gasteiger partial charge on any atom is 0.191 e. The molecular weight excluding hydrogens is 272 g/mol. The maximum absolute atomic E-state index is 5.47. The molecule has 1 saturated carbocycles. The number of nitrogens with zero attached hydrogens (tertiary/aromatic N) is 2. The zero-order valence-corrected chi connectivity index (χ0v) is 13.7. The van der Waals surface area contributed by atoms with E-state index in [0.29, 0.717) is 18.7 Å². The Labute approximate surface area is 124 Å². The molecule has 0 saturated heterocycles. The van der Waals surface area contributed by atoms with Gasteiger partial charge >= 0.3 is 0 Å². The van der Waals surface area contributed by atoms with E-state index in [1.54, 1.807) is 25.5 Å². The zero-order valence-electron chi connectivity index (χ0n) is 12.9. The number of aliphatic imine (C=N–C) groups is 1. The van der Waals surface area contributed by atoms with Crippen molar-refractivity contribution in [2.45, 2.75) is 45.9 Å². The molecule has 20 heavy (non-hydrogen) atoms. The molecule has 0 aliphatic heterocycles. The highest BCUT2D eigenvalue weighted by Gasteiger charge is 2.48. The van der Waals surface area contributed by atoms with Gasteiger partial charge < -0.3 is 15.4 Å². The minimum Gasteiger partial charge on any atom is -0.381 e. The van der Waals surface area contributed by atoms with Crippen LogP contribution in [-0.2, 0) is 11.3 Å². The van der Waals surface area contributed by atoms with E-state index < -0.39 is 0 Å². The highest BCUT2D eigenvalue weighted by atomic mass is 32.1. The fraction of sp³-hybridized carbons (Fsp3) is 0.714. The van der Waals surface area contributed by atoms with Crippen molar-refractivity contribution >= 4 is 17.3 Å². The second-order valence-electron chi connectivity index (χ2n) is 5.79. The van der Waals surface area contributed by atoms with Crippen molar-refractivity contribution in [2.75, 3.05) is 14.2 Å². The fourth-order valence-electron chi connectivity index (χ4n) is 2.53. The Morgan fingerprint density at radius 3 is 2.85 bits per heavy atom. The summed E-state index contributed by atoms with van der Waals surface area (Å²) in [5.74, 6) is 0.825. The van der Waals surface area contributed by atoms with Gasteiger partial charge in [-0.05, 0) is 13.3 Å². The molecule has 1 aromatic heterocycles. The number of guanidine groups is 1. The van der Waals surface area contributed by atoms with Crippen LogP contribution in [0.5, 0.6) is 0 Å². The molecule has 0 radical (unpaired) electrons. The highest BCUT2D eigenvalue weighted by Crippen LogP contribution is 2.42. The molecule has 0 spiro atoms. The number of thiazole rings is 1. The van der Waals surface area contributed by atoms with Crippen LogP contribution in [0.25, 0.3) is 0 Å². The first-order valence-corrected chi connectivity index (χ1v) is 7.76. The molecule has 1 fully saturated rings. The molecule has 1 heterocycles. The number of aryl methyl sites for hydroxylation is 1. The van der Waals surface area contributed by atoms with E-state index >= 15 is 0 Å². The lowest BCUT2D eigenvalue weighted by Gasteiger charge is -2.51. The average Bonchev–Trinajstić information content (AvgIpc) is 2.83. The van der Waals surface area contributed by atoms with E-state index in [0.717, 1.165) is 23.1 Å². The van der Waals surface area contributed by atoms with Crippen molar-refractivity contribution in [3.8, 4) is 0 Å². The van der Waals surface area contributed by atoms with Gasteiger partial charge in [0.1, 0.15) is 5.01 Å². The number of hydrogen-bond donors (Lipinski definition) is 2. The number of rotatable bonds is 4. The van der Waals surface area contributed by atoms with Gasteiger partial charge in [-0.25, -0.2) is 4.98 Å². The minimum atomic E-state index is 0.129. The summed E-state index contributed by atoms with van der Waals surface area (Å²) in [5.41, 5.74) is 1.20. The van der Waals surface area contributed by atoms with E-state index in [2.05, 4.69) is 39.8 Å². The van der Waals surface area contributed by atoms with Crippen molar-refractivity contribution in [3.63, 3.8) is 0 Å². The first-order chi connectivity index (χ1) is 9.47. The summed E-state index contributed by atoms with van der Waals surface area (Å²) in [5, 5.41) is 9.92. The predicted molar refractivity (Wildman–Crippen MR) is 83.2 cm³/mol. The Kier molecular flexibility index (Phi) is 4.65. The third-order valence-electron chi connectivity index (χ3n) is 4.07. The molecule has 0 bridgehead atoms. The molecule has 5 nitrogen and oxygen atoms in total. The topological polar surface area (TPSA) is 58.5 Å². The Morgan fingerprint density at radius 1 is 1.60 bits per heavy atom. The molecule has 1 aliphatic rings. The van der Waals surface area contributed by atoms with Gasteiger partial charge in [0.25, 0.3) is 0 Å². The Morgan fingerprint density at radius 2 is 2.35 bits per heavy atom. The van der Waals surface area contributed by atoms with Gasteiger partial charge in [0, 0.05) is 36.7 Å². The van der Waals surface area contributed by atoms with Gasteiger partial charge in [-0.3, -0.25) is 4.99 Å². The van der Waals surface area contributed by atoms with Gasteiger partial charge in [0.2, 0.25) is 0 Å². The average molecular weight is 296 g/mol. The van der Waals surface area contributed by atoms with Gasteiger partial charge in [-0.15, -0.1) is 11.3 Å². The number of methoxy groups -OCH3 is 1. The summed E-state index contributed by atoms with van der Waals surface area (Å²) in [4.78, 5) is 8.72. The smallest absolute Gasteiger partial charge is 0.191 e. The van der Waals surface area contributed by atoms with Crippen LogP contribution < -0.4 is 10.6 Å². The molecule has 2 N–H and O–H groups in total. The summed E-state index contributed by atoms with van der Waals surface area (Å²) >= 11 is 1.67. The standard InChI is InChI=1S/C14H24N4OS/c1-9-8-20-12(17-9)7-16-13(15-4)18-10-6-11(19-5)14(10,2)3/h8,10-11H,6-7H2,1-5H3,(H2,15,16,18). The fourth-order valence-corrected chi connectivity index (χ4v) is 3.24. The lowest BCUT2D eigenvalue weighted by Crippen LogP contribution is -2.63. The van der Waals surface area contributed by atoms with Crippen LogP contribution in [0.1, 0.15) is 31.0 Å². The molecule has 1 aromatic rings. The van der Waals surface area contributed by atoms with Crippen LogP contribution >= 0.6 is 11.3 Å². The van der Waals surface area contributed by atoms with Crippen molar-refractivity contribution in [3.05, 3.63) is 16.1 Å². The van der Waals surface area contributed by atoms with Gasteiger partial charge in [-0.2, -0.15) is 0 Å². The SMILES string of the molecule is CN=C(NCc1nc(C)cs1)NC1CC(OC)C1(C)C. The predicted octanol–water partition coefficient (Wildman–Crippen LogP) is 1.93. The highest BCUT2D eigenvalue weighted by molar-refractivity contribution is 7.09. The molecule has 2 rings (SSSR count). The van der Waals surface area contributed by atoms with Crippen molar-refractivity contribution in [2.24, 2.45) is 10.4 Å². The second kappa shape index (κ2) is 6.10. The van der Waals surface area contributed by atoms with Gasteiger partial charge in [0.15, 0.2) is 5.96 Å². The number of aromatic nitrogens is 1. The maximum atomic E-state index is 5.47. The monoisotopic (exact) mass is 296 g/mol. The summed E-state index contributed by atoms with van der Waals surface area (Å²) in [7, 11) is 3.57. The van der Waals surface area contributed by atoms with Crippen molar-refractivity contribution < 1.29 is 4.74 Å². The van der Waals surface area contributed by atoms with E-state index in [-0.39, 0.29) is 5.41 Å². The summed E-state index contributed by atoms with van der Waals surface area (Å²) in [6.07, 6.45) is 1.33. The van der Waals surface area contributed by atoms with E-state index in [4.69, 9.17) is 4.74 Å². The summed E-state index contributed by atoms with van der Waals surface area (Å²) < 4.78 is 5.47. The van der Waals surface area contributed by atoms with Gasteiger partial charge in [0.05, 0.1) is 12.6 Å². The molecule has 6 heteroatoms. The zero-order chi connectivity index (χ0) is 14.8. The number of ether oxygens (including phenoxy) is 1. The van der Waals surface area contributed by atoms with Gasteiger partial charge in [-0.1, -0.05) is 13.8 Å². The largest absolute Gasteiger partial charge is 0.381 e. The van der Waals surface area contributed by atoms with E-state index in [1.165, 1.54) is 0 Å². The molecule has 0 aromatic carbocycles. The van der Waals surface area contributed by atoms with Crippen molar-refractivity contribution in [1.82, 2.24) is 15.6 Å². The molecule has 1 aliphatic carbocycles. The minimum absolute atomic E-state index is 0.129. The third kappa shape index (κ3) is 3.12. The first-order valence-electron chi connectivity index (χ1n) is 6.88. The second-order valence-corrected chi connectivity index (χ2v) is 6.73. The molecule has 112 valence electrons. The quantitative estimate of drug-likeness (QED) is 0.658. The van der Waals surface area contributed by atoms with Crippen LogP contribution in [0, 0.1) is 12.3 Å². The molecule has 2 unspecified atom stereocenters. The van der Waals surface area contributed by atoms with Crippen LogP contribution in [0.2, 0.25) is 0 Å². The van der Waals surface area contributed by atoms with Crippen LogP contribution in [-0.4, -0.2) is 37.2 Å². The van der Waals surface area contributed by atoms with E-state index in [9.17, 15) is 0 Å². The number of nitrogens with one attached hydrogen (secondary N) is 2. The van der Waals surface area contributed by atoms with Crippen LogP contribution in [0.3, 0.4) is 0 Å². The molecule has 0 amide bonds. The molecular formula is C14H24N4OS. The summed E-state index contributed by atoms with van der Waals surface area (Å²) in [6, 6.07) is 0.386. The lowest BCUT2D eigenvalue weighted by molar-refractivity contribution is -0.0922. The normalized spacial score (nSPS) is 25.1. The van der Waals surface area contributed by atoms with E-state index in [1.807, 2.05) is 6.92 Å². The Bertz CT molecular complexity index is 483. The van der Waals surface area contributed by atoms with Crippen molar-refractivity contribution in [1.29, 1.82) is 0 Å². The molecule has 2 atom stereocenters. The third-order valence-corrected chi connectivity index (χ3v) is 5.04. The lowest BCUT2D eigenvalue weighted by atomic mass is 9.64. The summed E-state index contributed by atoms with van der Waals surface area (Å²) in [6.45, 7) is 7.16. The number of hydrogen-bond acceptors (Lipinski definition) is 4.